The molecule has 0 radical (unpaired) electrons. The van der Waals surface area contributed by atoms with Gasteiger partial charge in [-0.05, 0) is 31.0 Å². The number of nitrogens with zero attached hydrogens (tertiary/aromatic N) is 2. The first-order valence-corrected chi connectivity index (χ1v) is 7.40. The Morgan fingerprint density at radius 1 is 1.40 bits per heavy atom. The summed E-state index contributed by atoms with van der Waals surface area (Å²) in [4.78, 5) is 0. The summed E-state index contributed by atoms with van der Waals surface area (Å²) in [7, 11) is 1.68. The van der Waals surface area contributed by atoms with Crippen LogP contribution in [0.15, 0.2) is 34.9 Å². The molecule has 2 rings (SSSR count). The lowest BCUT2D eigenvalue weighted by atomic mass is 10.1. The van der Waals surface area contributed by atoms with Crippen LogP contribution >= 0.6 is 15.9 Å². The summed E-state index contributed by atoms with van der Waals surface area (Å²) in [5, 5.41) is 7.85. The second-order valence-electron chi connectivity index (χ2n) is 4.82. The van der Waals surface area contributed by atoms with Crippen LogP contribution in [0, 0.1) is 6.92 Å². The lowest BCUT2D eigenvalue weighted by Crippen LogP contribution is -2.21. The summed E-state index contributed by atoms with van der Waals surface area (Å²) >= 11 is 3.59. The number of ether oxygens (including phenoxy) is 1. The van der Waals surface area contributed by atoms with Crippen LogP contribution in [0.2, 0.25) is 0 Å². The molecule has 0 spiro atoms. The first-order chi connectivity index (χ1) is 9.63. The van der Waals surface area contributed by atoms with Crippen LogP contribution in [-0.4, -0.2) is 16.9 Å². The molecule has 1 N–H and O–H groups in total. The van der Waals surface area contributed by atoms with E-state index in [1.165, 1.54) is 11.1 Å². The van der Waals surface area contributed by atoms with Crippen molar-refractivity contribution in [2.24, 2.45) is 0 Å². The highest BCUT2D eigenvalue weighted by Gasteiger charge is 2.11. The maximum Gasteiger partial charge on any atom is 0.139 e. The fourth-order valence-corrected chi connectivity index (χ4v) is 2.78. The first kappa shape index (κ1) is 15.2. The van der Waals surface area contributed by atoms with Gasteiger partial charge in [-0.15, -0.1) is 0 Å². The first-order valence-electron chi connectivity index (χ1n) is 6.61. The van der Waals surface area contributed by atoms with Crippen LogP contribution in [0.25, 0.3) is 0 Å². The fourth-order valence-electron chi connectivity index (χ4n) is 2.15. The van der Waals surface area contributed by atoms with Crippen molar-refractivity contribution < 1.29 is 4.74 Å². The Kier molecular flexibility index (Phi) is 5.34. The smallest absolute Gasteiger partial charge is 0.139 e. The number of methoxy groups -OCH3 is 1. The van der Waals surface area contributed by atoms with Gasteiger partial charge in [-0.2, -0.15) is 5.10 Å². The van der Waals surface area contributed by atoms with Gasteiger partial charge in [0, 0.05) is 24.2 Å². The summed E-state index contributed by atoms with van der Waals surface area (Å²) in [6.07, 6.45) is 1.87. The molecular formula is C15H20BrN3O. The van der Waals surface area contributed by atoms with E-state index in [0.717, 1.165) is 16.7 Å². The molecule has 5 heteroatoms. The molecule has 1 atom stereocenters. The van der Waals surface area contributed by atoms with Crippen molar-refractivity contribution in [3.05, 3.63) is 51.8 Å². The standard InChI is InChI=1S/C15H20BrN3O/c1-11-8-18-19(10-20-3)15(11)9-17-12(2)13-6-4-5-7-14(13)16/h4-8,12,17H,9-10H2,1-3H3/t12-/m1/s1. The van der Waals surface area contributed by atoms with Crippen LogP contribution in [0.3, 0.4) is 0 Å². The molecule has 108 valence electrons. The zero-order chi connectivity index (χ0) is 14.5. The van der Waals surface area contributed by atoms with Crippen LogP contribution in [0.5, 0.6) is 0 Å². The van der Waals surface area contributed by atoms with E-state index in [2.05, 4.69) is 58.4 Å². The molecule has 2 aromatic rings. The highest BCUT2D eigenvalue weighted by atomic mass is 79.9. The number of nitrogens with one attached hydrogen (secondary N) is 1. The van der Waals surface area contributed by atoms with Gasteiger partial charge in [0.15, 0.2) is 0 Å². The molecule has 0 saturated carbocycles. The second kappa shape index (κ2) is 7.02. The Labute approximate surface area is 128 Å². The number of benzene rings is 1. The van der Waals surface area contributed by atoms with Gasteiger partial charge in [0.05, 0.1) is 11.9 Å². The van der Waals surface area contributed by atoms with Gasteiger partial charge in [0.25, 0.3) is 0 Å². The van der Waals surface area contributed by atoms with E-state index in [-0.39, 0.29) is 6.04 Å². The molecule has 0 saturated heterocycles. The third-order valence-corrected chi connectivity index (χ3v) is 4.08. The van der Waals surface area contributed by atoms with E-state index >= 15 is 0 Å². The van der Waals surface area contributed by atoms with Crippen molar-refractivity contribution in [3.8, 4) is 0 Å². The van der Waals surface area contributed by atoms with Crippen LogP contribution < -0.4 is 5.32 Å². The summed E-state index contributed by atoms with van der Waals surface area (Å²) in [6.45, 7) is 5.47. The van der Waals surface area contributed by atoms with Crippen molar-refractivity contribution in [1.82, 2.24) is 15.1 Å². The fraction of sp³-hybridized carbons (Fsp3) is 0.400. The van der Waals surface area contributed by atoms with Crippen LogP contribution in [0.1, 0.15) is 29.8 Å². The summed E-state index contributed by atoms with van der Waals surface area (Å²) in [6, 6.07) is 8.53. The van der Waals surface area contributed by atoms with E-state index in [0.29, 0.717) is 6.73 Å². The number of hydrogen-bond donors (Lipinski definition) is 1. The van der Waals surface area contributed by atoms with Gasteiger partial charge in [0.1, 0.15) is 6.73 Å². The monoisotopic (exact) mass is 337 g/mol. The zero-order valence-electron chi connectivity index (χ0n) is 12.1. The third-order valence-electron chi connectivity index (χ3n) is 3.36. The van der Waals surface area contributed by atoms with E-state index in [9.17, 15) is 0 Å². The molecule has 0 aliphatic heterocycles. The number of halogens is 1. The minimum Gasteiger partial charge on any atom is -0.362 e. The molecule has 0 unspecified atom stereocenters. The molecule has 1 aromatic heterocycles. The molecule has 1 aromatic carbocycles. The van der Waals surface area contributed by atoms with Crippen molar-refractivity contribution in [2.75, 3.05) is 7.11 Å². The second-order valence-corrected chi connectivity index (χ2v) is 5.67. The van der Waals surface area contributed by atoms with Crippen LogP contribution in [-0.2, 0) is 18.0 Å². The van der Waals surface area contributed by atoms with Gasteiger partial charge in [0.2, 0.25) is 0 Å². The van der Waals surface area contributed by atoms with E-state index in [1.807, 2.05) is 16.9 Å². The Hall–Kier alpha value is -1.17. The van der Waals surface area contributed by atoms with Crippen molar-refractivity contribution in [2.45, 2.75) is 33.2 Å². The highest BCUT2D eigenvalue weighted by molar-refractivity contribution is 9.10. The van der Waals surface area contributed by atoms with Gasteiger partial charge >= 0.3 is 0 Å². The minimum absolute atomic E-state index is 0.260. The van der Waals surface area contributed by atoms with Gasteiger partial charge < -0.3 is 10.1 Å². The number of aryl methyl sites for hydroxylation is 1. The average Bonchev–Trinajstić information content (AvgIpc) is 2.78. The van der Waals surface area contributed by atoms with E-state index in [4.69, 9.17) is 4.74 Å². The van der Waals surface area contributed by atoms with Gasteiger partial charge in [-0.25, -0.2) is 4.68 Å². The van der Waals surface area contributed by atoms with Crippen molar-refractivity contribution in [3.63, 3.8) is 0 Å². The highest BCUT2D eigenvalue weighted by Crippen LogP contribution is 2.23. The molecule has 0 amide bonds. The summed E-state index contributed by atoms with van der Waals surface area (Å²) in [5.74, 6) is 0. The maximum absolute atomic E-state index is 5.16. The number of aromatic nitrogens is 2. The zero-order valence-corrected chi connectivity index (χ0v) is 13.6. The van der Waals surface area contributed by atoms with E-state index in [1.54, 1.807) is 7.11 Å². The maximum atomic E-state index is 5.16. The molecule has 20 heavy (non-hydrogen) atoms. The van der Waals surface area contributed by atoms with Crippen LogP contribution in [0.4, 0.5) is 0 Å². The SMILES string of the molecule is COCn1ncc(C)c1CN[C@H](C)c1ccccc1Br. The average molecular weight is 338 g/mol. The lowest BCUT2D eigenvalue weighted by molar-refractivity contribution is 0.117. The largest absolute Gasteiger partial charge is 0.362 e. The minimum atomic E-state index is 0.260. The Bertz CT molecular complexity index is 568. The summed E-state index contributed by atoms with van der Waals surface area (Å²) in [5.41, 5.74) is 3.59. The summed E-state index contributed by atoms with van der Waals surface area (Å²) < 4.78 is 8.17. The molecule has 4 nitrogen and oxygen atoms in total. The predicted octanol–water partition coefficient (Wildman–Crippen LogP) is 3.41. The Morgan fingerprint density at radius 3 is 2.85 bits per heavy atom. The molecule has 0 bridgehead atoms. The molecule has 1 heterocycles. The topological polar surface area (TPSA) is 39.1 Å². The molecule has 0 fully saturated rings. The Morgan fingerprint density at radius 2 is 2.15 bits per heavy atom. The Balaban J connectivity index is 2.05. The predicted molar refractivity (Wildman–Crippen MR) is 83.4 cm³/mol. The molecular weight excluding hydrogens is 318 g/mol. The molecule has 0 aliphatic carbocycles. The normalized spacial score (nSPS) is 12.6. The molecule has 0 aliphatic rings. The van der Waals surface area contributed by atoms with Crippen molar-refractivity contribution >= 4 is 15.9 Å². The lowest BCUT2D eigenvalue weighted by Gasteiger charge is -2.17. The number of hydrogen-bond acceptors (Lipinski definition) is 3. The quantitative estimate of drug-likeness (QED) is 0.877. The number of rotatable bonds is 6. The van der Waals surface area contributed by atoms with Gasteiger partial charge in [-0.3, -0.25) is 0 Å². The van der Waals surface area contributed by atoms with E-state index < -0.39 is 0 Å². The van der Waals surface area contributed by atoms with Crippen molar-refractivity contribution in [1.29, 1.82) is 0 Å². The van der Waals surface area contributed by atoms with Gasteiger partial charge in [-0.1, -0.05) is 34.1 Å². The third kappa shape index (κ3) is 3.48.